The zero-order valence-electron chi connectivity index (χ0n) is 14.1. The van der Waals surface area contributed by atoms with E-state index in [4.69, 9.17) is 0 Å². The van der Waals surface area contributed by atoms with Gasteiger partial charge in [0.15, 0.2) is 0 Å². The molecule has 2 aromatic rings. The van der Waals surface area contributed by atoms with Crippen LogP contribution in [0.3, 0.4) is 0 Å². The number of piperidine rings is 1. The highest BCUT2D eigenvalue weighted by Crippen LogP contribution is 2.22. The van der Waals surface area contributed by atoms with E-state index in [1.54, 1.807) is 0 Å². The summed E-state index contributed by atoms with van der Waals surface area (Å²) >= 11 is 0. The highest BCUT2D eigenvalue weighted by molar-refractivity contribution is 5.47. The number of fused-ring (bicyclic) bond motifs is 1. The Balaban J connectivity index is 1.33. The van der Waals surface area contributed by atoms with Crippen molar-refractivity contribution in [3.8, 4) is 0 Å². The van der Waals surface area contributed by atoms with Crippen LogP contribution in [-0.2, 0) is 13.1 Å². The molecule has 0 amide bonds. The molecule has 6 heteroatoms. The molecule has 1 fully saturated rings. The Hall–Kier alpha value is -2.08. The number of nitrogens with zero attached hydrogens (tertiary/aromatic N) is 4. The molecular formula is C18H26N6. The lowest BCUT2D eigenvalue weighted by Crippen LogP contribution is -2.36. The minimum atomic E-state index is 0.563. The number of nitrogens with one attached hydrogen (secondary N) is 2. The quantitative estimate of drug-likeness (QED) is 0.881. The van der Waals surface area contributed by atoms with Crippen molar-refractivity contribution >= 4 is 11.6 Å². The first-order valence-electron chi connectivity index (χ1n) is 9.05. The summed E-state index contributed by atoms with van der Waals surface area (Å²) in [6.07, 6.45) is 7.68. The van der Waals surface area contributed by atoms with E-state index in [0.29, 0.717) is 5.92 Å². The minimum absolute atomic E-state index is 0.563. The third-order valence-electron chi connectivity index (χ3n) is 4.99. The van der Waals surface area contributed by atoms with E-state index in [1.165, 1.54) is 30.6 Å². The fourth-order valence-corrected chi connectivity index (χ4v) is 3.69. The van der Waals surface area contributed by atoms with Crippen molar-refractivity contribution in [3.05, 3.63) is 36.2 Å². The Morgan fingerprint density at radius 1 is 1.17 bits per heavy atom. The van der Waals surface area contributed by atoms with Crippen LogP contribution in [0.2, 0.25) is 0 Å². The normalized spacial score (nSPS) is 20.5. The molecule has 0 aromatic carbocycles. The largest absolute Gasteiger partial charge is 0.370 e. The highest BCUT2D eigenvalue weighted by Gasteiger charge is 2.19. The highest BCUT2D eigenvalue weighted by atomic mass is 15.3. The zero-order valence-corrected chi connectivity index (χ0v) is 14.1. The van der Waals surface area contributed by atoms with Gasteiger partial charge in [-0.2, -0.15) is 5.10 Å². The van der Waals surface area contributed by atoms with Crippen molar-refractivity contribution in [2.75, 3.05) is 36.4 Å². The van der Waals surface area contributed by atoms with Crippen LogP contribution in [0.5, 0.6) is 0 Å². The predicted octanol–water partition coefficient (Wildman–Crippen LogP) is 2.10. The zero-order chi connectivity index (χ0) is 16.2. The topological polar surface area (TPSA) is 58.0 Å². The van der Waals surface area contributed by atoms with Gasteiger partial charge >= 0.3 is 0 Å². The molecular weight excluding hydrogens is 300 g/mol. The van der Waals surface area contributed by atoms with E-state index in [9.17, 15) is 0 Å². The first-order chi connectivity index (χ1) is 11.9. The van der Waals surface area contributed by atoms with Gasteiger partial charge in [0, 0.05) is 63.0 Å². The molecule has 0 radical (unpaired) electrons. The summed E-state index contributed by atoms with van der Waals surface area (Å²) in [5.74, 6) is 2.86. The molecule has 2 N–H and O–H groups in total. The fraction of sp³-hybridized carbons (Fsp3) is 0.556. The van der Waals surface area contributed by atoms with Crippen LogP contribution in [0.1, 0.15) is 24.8 Å². The van der Waals surface area contributed by atoms with Gasteiger partial charge in [-0.1, -0.05) is 6.07 Å². The second kappa shape index (κ2) is 7.21. The Bertz CT molecular complexity index is 661. The summed E-state index contributed by atoms with van der Waals surface area (Å²) in [7, 11) is 0. The molecule has 128 valence electrons. The molecule has 0 unspecified atom stereocenters. The van der Waals surface area contributed by atoms with E-state index >= 15 is 0 Å². The molecule has 1 atom stereocenters. The van der Waals surface area contributed by atoms with Gasteiger partial charge in [-0.25, -0.2) is 9.67 Å². The molecule has 0 aliphatic carbocycles. The molecule has 2 aliphatic rings. The average Bonchev–Trinajstić information content (AvgIpc) is 3.11. The maximum absolute atomic E-state index is 4.65. The average molecular weight is 326 g/mol. The second-order valence-electron chi connectivity index (χ2n) is 6.81. The number of rotatable bonds is 5. The predicted molar refractivity (Wildman–Crippen MR) is 96.2 cm³/mol. The van der Waals surface area contributed by atoms with Crippen molar-refractivity contribution < 1.29 is 0 Å². The van der Waals surface area contributed by atoms with Crippen molar-refractivity contribution in [2.45, 2.75) is 32.4 Å². The summed E-state index contributed by atoms with van der Waals surface area (Å²) in [5, 5.41) is 11.4. The van der Waals surface area contributed by atoms with Crippen LogP contribution in [0.4, 0.5) is 11.6 Å². The lowest BCUT2D eigenvalue weighted by molar-refractivity contribution is 0.391. The summed E-state index contributed by atoms with van der Waals surface area (Å²) in [4.78, 5) is 7.09. The second-order valence-corrected chi connectivity index (χ2v) is 6.81. The molecule has 2 aromatic heterocycles. The summed E-state index contributed by atoms with van der Waals surface area (Å²) in [6.45, 7) is 6.12. The molecule has 6 nitrogen and oxygen atoms in total. The van der Waals surface area contributed by atoms with Crippen LogP contribution in [0, 0.1) is 5.92 Å². The van der Waals surface area contributed by atoms with Crippen LogP contribution in [0.25, 0.3) is 0 Å². The minimum Gasteiger partial charge on any atom is -0.370 e. The maximum Gasteiger partial charge on any atom is 0.133 e. The number of hydrogen-bond donors (Lipinski definition) is 2. The van der Waals surface area contributed by atoms with Crippen LogP contribution in [-0.4, -0.2) is 40.9 Å². The molecule has 0 saturated carbocycles. The third kappa shape index (κ3) is 3.38. The molecule has 24 heavy (non-hydrogen) atoms. The van der Waals surface area contributed by atoms with E-state index in [2.05, 4.69) is 36.4 Å². The Morgan fingerprint density at radius 2 is 2.08 bits per heavy atom. The Labute approximate surface area is 143 Å². The molecule has 4 rings (SSSR count). The van der Waals surface area contributed by atoms with Gasteiger partial charge in [0.05, 0.1) is 6.20 Å². The first-order valence-corrected chi connectivity index (χ1v) is 9.05. The molecule has 0 bridgehead atoms. The van der Waals surface area contributed by atoms with E-state index in [0.717, 1.165) is 45.1 Å². The van der Waals surface area contributed by atoms with E-state index in [-0.39, 0.29) is 0 Å². The van der Waals surface area contributed by atoms with Gasteiger partial charge in [0.1, 0.15) is 11.6 Å². The number of pyridine rings is 1. The van der Waals surface area contributed by atoms with Crippen LogP contribution in [0.15, 0.2) is 30.6 Å². The summed E-state index contributed by atoms with van der Waals surface area (Å²) < 4.78 is 2.05. The summed E-state index contributed by atoms with van der Waals surface area (Å²) in [5.41, 5.74) is 1.31. The van der Waals surface area contributed by atoms with Gasteiger partial charge in [-0.05, 0) is 25.3 Å². The van der Waals surface area contributed by atoms with Crippen LogP contribution < -0.4 is 15.5 Å². The van der Waals surface area contributed by atoms with Gasteiger partial charge in [0.2, 0.25) is 0 Å². The third-order valence-corrected chi connectivity index (χ3v) is 4.99. The molecule has 2 aliphatic heterocycles. The lowest BCUT2D eigenvalue weighted by Gasteiger charge is -2.29. The monoisotopic (exact) mass is 326 g/mol. The Kier molecular flexibility index (Phi) is 4.64. The molecule has 0 spiro atoms. The van der Waals surface area contributed by atoms with Gasteiger partial charge < -0.3 is 15.5 Å². The lowest BCUT2D eigenvalue weighted by atomic mass is 10.1. The van der Waals surface area contributed by atoms with E-state index in [1.807, 2.05) is 24.5 Å². The van der Waals surface area contributed by atoms with E-state index < -0.39 is 0 Å². The molecule has 1 saturated heterocycles. The van der Waals surface area contributed by atoms with Crippen molar-refractivity contribution in [1.29, 1.82) is 0 Å². The van der Waals surface area contributed by atoms with Gasteiger partial charge in [-0.15, -0.1) is 0 Å². The number of anilines is 2. The van der Waals surface area contributed by atoms with Crippen LogP contribution >= 0.6 is 0 Å². The number of aromatic nitrogens is 3. The fourth-order valence-electron chi connectivity index (χ4n) is 3.69. The standard InChI is InChI=1S/C18H26N6/c1-2-9-23(10-3-1)18-16(5-4-7-20-18)13-19-11-15-12-21-17-6-8-22-24(17)14-15/h4-8,15,19,21H,1-3,9-14H2/t15-/m1/s1. The van der Waals surface area contributed by atoms with Crippen molar-refractivity contribution in [2.24, 2.45) is 5.92 Å². The number of hydrogen-bond acceptors (Lipinski definition) is 5. The van der Waals surface area contributed by atoms with Gasteiger partial charge in [0.25, 0.3) is 0 Å². The van der Waals surface area contributed by atoms with Gasteiger partial charge in [-0.3, -0.25) is 0 Å². The summed E-state index contributed by atoms with van der Waals surface area (Å²) in [6, 6.07) is 6.28. The smallest absolute Gasteiger partial charge is 0.133 e. The van der Waals surface area contributed by atoms with Crippen molar-refractivity contribution in [3.63, 3.8) is 0 Å². The maximum atomic E-state index is 4.65. The SMILES string of the molecule is c1cnc(N2CCCCC2)c(CNC[C@@H]2CNc3ccnn3C2)c1. The first kappa shape index (κ1) is 15.4. The Morgan fingerprint density at radius 3 is 3.00 bits per heavy atom. The van der Waals surface area contributed by atoms with Crippen molar-refractivity contribution in [1.82, 2.24) is 20.1 Å². The molecule has 4 heterocycles.